The predicted octanol–water partition coefficient (Wildman–Crippen LogP) is 2.86. The van der Waals surface area contributed by atoms with Gasteiger partial charge in [0.2, 0.25) is 5.91 Å². The van der Waals surface area contributed by atoms with Gasteiger partial charge in [-0.1, -0.05) is 28.1 Å². The van der Waals surface area contributed by atoms with E-state index in [0.29, 0.717) is 6.54 Å². The largest absolute Gasteiger partial charge is 0.341 e. The molecule has 1 aliphatic carbocycles. The molecule has 0 bridgehead atoms. The number of halogens is 1. The third-order valence-corrected chi connectivity index (χ3v) is 4.41. The maximum atomic E-state index is 12.7. The smallest absolute Gasteiger partial charge is 0.233 e. The Bertz CT molecular complexity index is 603. The maximum absolute atomic E-state index is 12.7. The summed E-state index contributed by atoms with van der Waals surface area (Å²) in [5.41, 5.74) is 1.83. The van der Waals surface area contributed by atoms with Gasteiger partial charge in [0.15, 0.2) is 0 Å². The number of rotatable bonds is 4. The molecule has 0 radical (unpaired) electrons. The highest BCUT2D eigenvalue weighted by Crippen LogP contribution is 2.49. The van der Waals surface area contributed by atoms with E-state index in [1.54, 1.807) is 11.1 Å². The number of likely N-dealkylation sites (N-methyl/N-ethyl adjacent to an activating group) is 1. The predicted molar refractivity (Wildman–Crippen MR) is 80.1 cm³/mol. The summed E-state index contributed by atoms with van der Waals surface area (Å²) in [6.45, 7) is 0.591. The van der Waals surface area contributed by atoms with Crippen molar-refractivity contribution in [2.24, 2.45) is 0 Å². The average Bonchev–Trinajstić information content (AvgIpc) is 3.10. The summed E-state index contributed by atoms with van der Waals surface area (Å²) in [5, 5.41) is 6.69. The number of amides is 1. The van der Waals surface area contributed by atoms with Crippen molar-refractivity contribution >= 4 is 21.8 Å². The van der Waals surface area contributed by atoms with Gasteiger partial charge in [-0.25, -0.2) is 0 Å². The first kappa shape index (κ1) is 13.4. The van der Waals surface area contributed by atoms with Gasteiger partial charge in [0.1, 0.15) is 0 Å². The number of nitrogens with one attached hydrogen (secondary N) is 1. The number of H-pyrrole nitrogens is 1. The third-order valence-electron chi connectivity index (χ3n) is 3.88. The van der Waals surface area contributed by atoms with Gasteiger partial charge in [0.05, 0.1) is 11.6 Å². The summed E-state index contributed by atoms with van der Waals surface area (Å²) >= 11 is 3.43. The molecule has 1 N–H and O–H groups in total. The summed E-state index contributed by atoms with van der Waals surface area (Å²) in [7, 11) is 1.86. The minimum absolute atomic E-state index is 0.195. The summed E-state index contributed by atoms with van der Waals surface area (Å²) in [4.78, 5) is 14.5. The van der Waals surface area contributed by atoms with Crippen LogP contribution in [0.25, 0.3) is 0 Å². The van der Waals surface area contributed by atoms with Crippen molar-refractivity contribution in [3.63, 3.8) is 0 Å². The van der Waals surface area contributed by atoms with Crippen LogP contribution in [-0.4, -0.2) is 28.1 Å². The van der Waals surface area contributed by atoms with Crippen LogP contribution in [0.3, 0.4) is 0 Å². The van der Waals surface area contributed by atoms with Crippen LogP contribution in [0.4, 0.5) is 0 Å². The van der Waals surface area contributed by atoms with Crippen LogP contribution in [-0.2, 0) is 16.8 Å². The number of carbonyl (C=O) groups excluding carboxylic acids is 1. The Kier molecular flexibility index (Phi) is 3.38. The van der Waals surface area contributed by atoms with Crippen LogP contribution in [0, 0.1) is 0 Å². The molecule has 1 amide bonds. The molecule has 0 spiro atoms. The molecule has 5 heteroatoms. The first-order valence-electron chi connectivity index (χ1n) is 6.61. The Morgan fingerprint density at radius 2 is 2.10 bits per heavy atom. The average molecular weight is 334 g/mol. The van der Waals surface area contributed by atoms with E-state index in [0.717, 1.165) is 28.4 Å². The molecule has 20 heavy (non-hydrogen) atoms. The van der Waals surface area contributed by atoms with Crippen molar-refractivity contribution in [3.8, 4) is 0 Å². The molecule has 1 fully saturated rings. The monoisotopic (exact) mass is 333 g/mol. The van der Waals surface area contributed by atoms with E-state index in [9.17, 15) is 4.79 Å². The third kappa shape index (κ3) is 2.38. The molecule has 1 heterocycles. The number of benzene rings is 1. The number of hydrogen-bond donors (Lipinski definition) is 1. The van der Waals surface area contributed by atoms with Crippen molar-refractivity contribution in [2.75, 3.05) is 7.05 Å². The summed E-state index contributed by atoms with van der Waals surface area (Å²) in [6.07, 6.45) is 5.44. The molecule has 1 aliphatic rings. The zero-order valence-electron chi connectivity index (χ0n) is 11.3. The van der Waals surface area contributed by atoms with Crippen molar-refractivity contribution < 1.29 is 4.79 Å². The Balaban J connectivity index is 1.77. The van der Waals surface area contributed by atoms with Crippen molar-refractivity contribution in [2.45, 2.75) is 24.8 Å². The Morgan fingerprint density at radius 3 is 2.65 bits per heavy atom. The Morgan fingerprint density at radius 1 is 1.40 bits per heavy atom. The number of aromatic nitrogens is 2. The molecular formula is C15H16BrN3O. The van der Waals surface area contributed by atoms with Gasteiger partial charge < -0.3 is 4.90 Å². The second-order valence-electron chi connectivity index (χ2n) is 5.36. The Hall–Kier alpha value is -1.62. The second kappa shape index (κ2) is 5.05. The van der Waals surface area contributed by atoms with Gasteiger partial charge in [-0.3, -0.25) is 9.89 Å². The number of hydrogen-bond acceptors (Lipinski definition) is 2. The van der Waals surface area contributed by atoms with Crippen LogP contribution in [0.2, 0.25) is 0 Å². The zero-order valence-corrected chi connectivity index (χ0v) is 12.9. The number of nitrogens with zero attached hydrogens (tertiary/aromatic N) is 2. The molecule has 0 atom stereocenters. The van der Waals surface area contributed by atoms with Gasteiger partial charge in [-0.15, -0.1) is 0 Å². The molecule has 2 aromatic rings. The van der Waals surface area contributed by atoms with E-state index in [1.807, 2.05) is 37.5 Å². The summed E-state index contributed by atoms with van der Waals surface area (Å²) in [6, 6.07) is 8.08. The van der Waals surface area contributed by atoms with Crippen LogP contribution >= 0.6 is 15.9 Å². The first-order valence-corrected chi connectivity index (χ1v) is 7.40. The molecule has 0 unspecified atom stereocenters. The van der Waals surface area contributed by atoms with E-state index >= 15 is 0 Å². The molecule has 4 nitrogen and oxygen atoms in total. The molecule has 0 saturated heterocycles. The lowest BCUT2D eigenvalue weighted by molar-refractivity contribution is -0.133. The fraction of sp³-hybridized carbons (Fsp3) is 0.333. The highest BCUT2D eigenvalue weighted by atomic mass is 79.9. The maximum Gasteiger partial charge on any atom is 0.233 e. The topological polar surface area (TPSA) is 49.0 Å². The minimum atomic E-state index is -0.306. The van der Waals surface area contributed by atoms with Gasteiger partial charge >= 0.3 is 0 Å². The minimum Gasteiger partial charge on any atom is -0.341 e. The number of aromatic amines is 1. The highest BCUT2D eigenvalue weighted by Gasteiger charge is 2.52. The fourth-order valence-electron chi connectivity index (χ4n) is 2.60. The van der Waals surface area contributed by atoms with E-state index in [4.69, 9.17) is 0 Å². The lowest BCUT2D eigenvalue weighted by Crippen LogP contribution is -2.36. The first-order chi connectivity index (χ1) is 9.62. The van der Waals surface area contributed by atoms with Gasteiger partial charge in [0.25, 0.3) is 0 Å². The normalized spacial score (nSPS) is 15.9. The molecule has 1 aromatic heterocycles. The van der Waals surface area contributed by atoms with Gasteiger partial charge in [0, 0.05) is 29.8 Å². The van der Waals surface area contributed by atoms with Crippen molar-refractivity contribution in [1.29, 1.82) is 0 Å². The number of carbonyl (C=O) groups is 1. The van der Waals surface area contributed by atoms with Crippen molar-refractivity contribution in [3.05, 3.63) is 52.3 Å². The lowest BCUT2D eigenvalue weighted by Gasteiger charge is -2.23. The quantitative estimate of drug-likeness (QED) is 0.935. The highest BCUT2D eigenvalue weighted by molar-refractivity contribution is 9.10. The SMILES string of the molecule is CN(Cc1cn[nH]c1)C(=O)C1(c2ccc(Br)cc2)CC1. The molecular weight excluding hydrogens is 318 g/mol. The molecule has 1 aromatic carbocycles. The summed E-state index contributed by atoms with van der Waals surface area (Å²) in [5.74, 6) is 0.195. The van der Waals surface area contributed by atoms with Gasteiger partial charge in [-0.2, -0.15) is 5.10 Å². The van der Waals surface area contributed by atoms with Crippen LogP contribution in [0.15, 0.2) is 41.1 Å². The van der Waals surface area contributed by atoms with E-state index in [2.05, 4.69) is 26.1 Å². The standard InChI is InChI=1S/C15H16BrN3O/c1-19(10-11-8-17-18-9-11)14(20)15(6-7-15)12-2-4-13(16)5-3-12/h2-5,8-9H,6-7,10H2,1H3,(H,17,18). The van der Waals surface area contributed by atoms with E-state index < -0.39 is 0 Å². The van der Waals surface area contributed by atoms with Gasteiger partial charge in [-0.05, 0) is 30.5 Å². The van der Waals surface area contributed by atoms with Crippen LogP contribution in [0.5, 0.6) is 0 Å². The van der Waals surface area contributed by atoms with Crippen molar-refractivity contribution in [1.82, 2.24) is 15.1 Å². The molecule has 0 aliphatic heterocycles. The summed E-state index contributed by atoms with van der Waals surface area (Å²) < 4.78 is 1.04. The molecule has 3 rings (SSSR count). The van der Waals surface area contributed by atoms with Crippen LogP contribution < -0.4 is 0 Å². The molecule has 1 saturated carbocycles. The van der Waals surface area contributed by atoms with E-state index in [1.165, 1.54) is 0 Å². The molecule has 104 valence electrons. The fourth-order valence-corrected chi connectivity index (χ4v) is 2.86. The Labute approximate surface area is 126 Å². The lowest BCUT2D eigenvalue weighted by atomic mass is 9.94. The van der Waals surface area contributed by atoms with Crippen LogP contribution in [0.1, 0.15) is 24.0 Å². The van der Waals surface area contributed by atoms with E-state index in [-0.39, 0.29) is 11.3 Å². The zero-order chi connectivity index (χ0) is 14.2. The second-order valence-corrected chi connectivity index (χ2v) is 6.27.